The van der Waals surface area contributed by atoms with Crippen LogP contribution in [0.1, 0.15) is 18.9 Å². The van der Waals surface area contributed by atoms with Gasteiger partial charge in [0.05, 0.1) is 0 Å². The Labute approximate surface area is 122 Å². The molecule has 0 spiro atoms. The molecule has 0 aliphatic carbocycles. The van der Waals surface area contributed by atoms with Gasteiger partial charge < -0.3 is 5.32 Å². The number of rotatable bonds is 5. The summed E-state index contributed by atoms with van der Waals surface area (Å²) in [6.07, 6.45) is 1.03. The molecule has 1 N–H and O–H groups in total. The molecule has 0 saturated carbocycles. The van der Waals surface area contributed by atoms with E-state index in [2.05, 4.69) is 12.2 Å². The van der Waals surface area contributed by atoms with E-state index in [0.29, 0.717) is 22.7 Å². The topological polar surface area (TPSA) is 12.0 Å². The van der Waals surface area contributed by atoms with Gasteiger partial charge >= 0.3 is 0 Å². The highest BCUT2D eigenvalue weighted by Crippen LogP contribution is 2.31. The van der Waals surface area contributed by atoms with Crippen molar-refractivity contribution in [2.45, 2.75) is 19.9 Å². The molecule has 0 bridgehead atoms. The van der Waals surface area contributed by atoms with Crippen molar-refractivity contribution in [2.75, 3.05) is 6.54 Å². The zero-order chi connectivity index (χ0) is 14.5. The van der Waals surface area contributed by atoms with Gasteiger partial charge in [-0.15, -0.1) is 0 Å². The van der Waals surface area contributed by atoms with E-state index in [1.165, 1.54) is 24.3 Å². The SMILES string of the molecule is CCCNCc1ccc(-c2cc(F)ccc2Cl)c(F)c1. The number of benzene rings is 2. The molecule has 0 amide bonds. The minimum atomic E-state index is -0.433. The molecular formula is C16H16ClF2N. The summed E-state index contributed by atoms with van der Waals surface area (Å²) in [5.41, 5.74) is 1.54. The summed E-state index contributed by atoms with van der Waals surface area (Å²) in [6.45, 7) is 3.57. The highest BCUT2D eigenvalue weighted by atomic mass is 35.5. The quantitative estimate of drug-likeness (QED) is 0.782. The molecule has 0 heterocycles. The first-order valence-electron chi connectivity index (χ1n) is 6.56. The molecule has 0 unspecified atom stereocenters. The molecule has 0 fully saturated rings. The fourth-order valence-electron chi connectivity index (χ4n) is 2.00. The Morgan fingerprint density at radius 2 is 1.85 bits per heavy atom. The van der Waals surface area contributed by atoms with Crippen LogP contribution in [0.4, 0.5) is 8.78 Å². The predicted octanol–water partition coefficient (Wildman–Crippen LogP) is 4.78. The van der Waals surface area contributed by atoms with Gasteiger partial charge in [0.2, 0.25) is 0 Å². The van der Waals surface area contributed by atoms with E-state index in [-0.39, 0.29) is 0 Å². The number of hydrogen-bond acceptors (Lipinski definition) is 1. The van der Waals surface area contributed by atoms with Gasteiger partial charge in [-0.25, -0.2) is 8.78 Å². The molecule has 0 saturated heterocycles. The van der Waals surface area contributed by atoms with Crippen LogP contribution in [-0.4, -0.2) is 6.54 Å². The van der Waals surface area contributed by atoms with E-state index in [1.54, 1.807) is 6.07 Å². The first kappa shape index (κ1) is 14.9. The Kier molecular flexibility index (Phi) is 5.10. The van der Waals surface area contributed by atoms with Gasteiger partial charge in [0.25, 0.3) is 0 Å². The van der Waals surface area contributed by atoms with Gasteiger partial charge in [-0.1, -0.05) is 30.7 Å². The third-order valence-corrected chi connectivity index (χ3v) is 3.34. The van der Waals surface area contributed by atoms with Gasteiger partial charge in [-0.3, -0.25) is 0 Å². The van der Waals surface area contributed by atoms with E-state index in [4.69, 9.17) is 11.6 Å². The number of nitrogens with one attached hydrogen (secondary N) is 1. The smallest absolute Gasteiger partial charge is 0.131 e. The van der Waals surface area contributed by atoms with Crippen LogP contribution in [0.5, 0.6) is 0 Å². The Hall–Kier alpha value is -1.45. The molecule has 2 aromatic rings. The molecule has 4 heteroatoms. The maximum Gasteiger partial charge on any atom is 0.131 e. The Bertz CT molecular complexity index is 599. The zero-order valence-corrected chi connectivity index (χ0v) is 12.0. The molecule has 0 aliphatic heterocycles. The van der Waals surface area contributed by atoms with E-state index < -0.39 is 11.6 Å². The Morgan fingerprint density at radius 1 is 1.05 bits per heavy atom. The van der Waals surface area contributed by atoms with Crippen molar-refractivity contribution in [3.63, 3.8) is 0 Å². The fraction of sp³-hybridized carbons (Fsp3) is 0.250. The lowest BCUT2D eigenvalue weighted by atomic mass is 10.0. The number of halogens is 3. The van der Waals surface area contributed by atoms with E-state index in [0.717, 1.165) is 18.5 Å². The summed E-state index contributed by atoms with van der Waals surface area (Å²) < 4.78 is 27.4. The second-order valence-electron chi connectivity index (χ2n) is 4.62. The first-order valence-corrected chi connectivity index (χ1v) is 6.94. The highest BCUT2D eigenvalue weighted by Gasteiger charge is 2.10. The van der Waals surface area contributed by atoms with Crippen molar-refractivity contribution in [3.05, 3.63) is 58.6 Å². The molecule has 0 aliphatic rings. The maximum atomic E-state index is 14.1. The molecule has 2 aromatic carbocycles. The van der Waals surface area contributed by atoms with Gasteiger partial charge in [0.1, 0.15) is 11.6 Å². The molecule has 0 radical (unpaired) electrons. The van der Waals surface area contributed by atoms with Crippen molar-refractivity contribution >= 4 is 11.6 Å². The van der Waals surface area contributed by atoms with E-state index >= 15 is 0 Å². The lowest BCUT2D eigenvalue weighted by molar-refractivity contribution is 0.620. The average molecular weight is 296 g/mol. The first-order chi connectivity index (χ1) is 9.61. The highest BCUT2D eigenvalue weighted by molar-refractivity contribution is 6.33. The van der Waals surface area contributed by atoms with Crippen molar-refractivity contribution < 1.29 is 8.78 Å². The van der Waals surface area contributed by atoms with Gasteiger partial charge in [0, 0.05) is 22.7 Å². The normalized spacial score (nSPS) is 10.8. The molecule has 1 nitrogen and oxygen atoms in total. The van der Waals surface area contributed by atoms with Crippen LogP contribution in [-0.2, 0) is 6.54 Å². The van der Waals surface area contributed by atoms with Crippen LogP contribution in [0.3, 0.4) is 0 Å². The van der Waals surface area contributed by atoms with Crippen LogP contribution < -0.4 is 5.32 Å². The fourth-order valence-corrected chi connectivity index (χ4v) is 2.22. The van der Waals surface area contributed by atoms with Crippen LogP contribution in [0, 0.1) is 11.6 Å². The van der Waals surface area contributed by atoms with Gasteiger partial charge in [-0.05, 0) is 42.8 Å². The van der Waals surface area contributed by atoms with Crippen molar-refractivity contribution in [1.29, 1.82) is 0 Å². The third-order valence-electron chi connectivity index (χ3n) is 3.01. The van der Waals surface area contributed by atoms with E-state index in [9.17, 15) is 8.78 Å². The van der Waals surface area contributed by atoms with Crippen LogP contribution in [0.25, 0.3) is 11.1 Å². The van der Waals surface area contributed by atoms with Crippen molar-refractivity contribution in [2.24, 2.45) is 0 Å². The maximum absolute atomic E-state index is 14.1. The summed E-state index contributed by atoms with van der Waals surface area (Å²) in [5, 5.41) is 3.54. The predicted molar refractivity (Wildman–Crippen MR) is 78.8 cm³/mol. The number of hydrogen-bond donors (Lipinski definition) is 1. The lowest BCUT2D eigenvalue weighted by Gasteiger charge is -2.09. The summed E-state index contributed by atoms with van der Waals surface area (Å²) in [5.74, 6) is -0.828. The van der Waals surface area contributed by atoms with Gasteiger partial charge in [-0.2, -0.15) is 0 Å². The Balaban J connectivity index is 2.27. The Morgan fingerprint density at radius 3 is 2.55 bits per heavy atom. The third kappa shape index (κ3) is 3.56. The summed E-state index contributed by atoms with van der Waals surface area (Å²) in [6, 6.07) is 8.85. The van der Waals surface area contributed by atoms with Gasteiger partial charge in [0.15, 0.2) is 0 Å². The molecule has 106 valence electrons. The second kappa shape index (κ2) is 6.82. The van der Waals surface area contributed by atoms with Crippen LogP contribution >= 0.6 is 11.6 Å². The minimum absolute atomic E-state index is 0.314. The van der Waals surface area contributed by atoms with Crippen LogP contribution in [0.2, 0.25) is 5.02 Å². The standard InChI is InChI=1S/C16H16ClF2N/c1-2-7-20-10-11-3-5-13(16(19)8-11)14-9-12(18)4-6-15(14)17/h3-6,8-9,20H,2,7,10H2,1H3. The van der Waals surface area contributed by atoms with Crippen molar-refractivity contribution in [1.82, 2.24) is 5.32 Å². The minimum Gasteiger partial charge on any atom is -0.313 e. The average Bonchev–Trinajstić information content (AvgIpc) is 2.42. The molecule has 2 rings (SSSR count). The molecule has 0 aromatic heterocycles. The molecule has 0 atom stereocenters. The summed E-state index contributed by atoms with van der Waals surface area (Å²) in [7, 11) is 0. The zero-order valence-electron chi connectivity index (χ0n) is 11.2. The summed E-state index contributed by atoms with van der Waals surface area (Å²) in [4.78, 5) is 0. The van der Waals surface area contributed by atoms with Crippen LogP contribution in [0.15, 0.2) is 36.4 Å². The monoisotopic (exact) mass is 295 g/mol. The van der Waals surface area contributed by atoms with E-state index in [1.807, 2.05) is 6.07 Å². The lowest BCUT2D eigenvalue weighted by Crippen LogP contribution is -2.13. The summed E-state index contributed by atoms with van der Waals surface area (Å²) >= 11 is 6.00. The van der Waals surface area contributed by atoms with Crippen molar-refractivity contribution in [3.8, 4) is 11.1 Å². The second-order valence-corrected chi connectivity index (χ2v) is 5.02. The largest absolute Gasteiger partial charge is 0.313 e. The molecule has 20 heavy (non-hydrogen) atoms. The molecular weight excluding hydrogens is 280 g/mol.